The van der Waals surface area contributed by atoms with E-state index in [-0.39, 0.29) is 24.5 Å². The van der Waals surface area contributed by atoms with Crippen LogP contribution in [-0.4, -0.2) is 41.4 Å². The van der Waals surface area contributed by atoms with Crippen molar-refractivity contribution < 1.29 is 14.3 Å². The van der Waals surface area contributed by atoms with E-state index in [0.29, 0.717) is 6.54 Å². The number of urea groups is 1. The van der Waals surface area contributed by atoms with Crippen LogP contribution in [0.3, 0.4) is 0 Å². The van der Waals surface area contributed by atoms with Crippen LogP contribution in [0.5, 0.6) is 5.75 Å². The Balaban J connectivity index is 1.74. The average Bonchev–Trinajstić information content (AvgIpc) is 3.22. The van der Waals surface area contributed by atoms with Crippen molar-refractivity contribution in [1.29, 1.82) is 0 Å². The highest BCUT2D eigenvalue weighted by Gasteiger charge is 2.43. The minimum absolute atomic E-state index is 0.111. The van der Waals surface area contributed by atoms with E-state index in [1.807, 2.05) is 24.3 Å². The lowest BCUT2D eigenvalue weighted by molar-refractivity contribution is -0.125. The topological polar surface area (TPSA) is 49.9 Å². The number of rotatable bonds is 4. The summed E-state index contributed by atoms with van der Waals surface area (Å²) in [7, 11) is 1.60. The lowest BCUT2D eigenvalue weighted by Gasteiger charge is -2.16. The van der Waals surface area contributed by atoms with Crippen molar-refractivity contribution >= 4 is 11.9 Å². The number of ether oxygens (including phenoxy) is 1. The average molecular weight is 260 g/mol. The molecule has 1 aromatic rings. The van der Waals surface area contributed by atoms with Gasteiger partial charge in [0.05, 0.1) is 13.7 Å². The van der Waals surface area contributed by atoms with Gasteiger partial charge in [0.15, 0.2) is 0 Å². The Morgan fingerprint density at radius 1 is 1.32 bits per heavy atom. The molecule has 3 amide bonds. The molecule has 0 aromatic heterocycles. The summed E-state index contributed by atoms with van der Waals surface area (Å²) in [6, 6.07) is 7.57. The molecular formula is C14H16N2O3. The van der Waals surface area contributed by atoms with E-state index in [2.05, 4.69) is 0 Å². The van der Waals surface area contributed by atoms with Crippen molar-refractivity contribution in [3.05, 3.63) is 29.8 Å². The van der Waals surface area contributed by atoms with Crippen molar-refractivity contribution in [3.8, 4) is 5.75 Å². The number of amides is 3. The van der Waals surface area contributed by atoms with Crippen LogP contribution in [-0.2, 0) is 11.3 Å². The van der Waals surface area contributed by atoms with Crippen LogP contribution in [0.1, 0.15) is 18.4 Å². The fourth-order valence-electron chi connectivity index (χ4n) is 2.34. The predicted octanol–water partition coefficient (Wildman–Crippen LogP) is 1.62. The van der Waals surface area contributed by atoms with Crippen molar-refractivity contribution in [2.45, 2.75) is 25.4 Å². The van der Waals surface area contributed by atoms with Crippen LogP contribution in [0.2, 0.25) is 0 Å². The molecule has 5 nitrogen and oxygen atoms in total. The largest absolute Gasteiger partial charge is 0.497 e. The molecule has 1 aliphatic carbocycles. The summed E-state index contributed by atoms with van der Waals surface area (Å²) in [6.07, 6.45) is 2.04. The van der Waals surface area contributed by atoms with Crippen LogP contribution in [0.15, 0.2) is 24.3 Å². The standard InChI is InChI=1S/C14H16N2O3/c1-19-12-4-2-3-10(7-12)8-16-13(17)9-15(14(16)18)11-5-6-11/h2-4,7,11H,5-6,8-9H2,1H3. The minimum atomic E-state index is -0.157. The van der Waals surface area contributed by atoms with Crippen LogP contribution in [0.4, 0.5) is 4.79 Å². The normalized spacial score (nSPS) is 19.2. The summed E-state index contributed by atoms with van der Waals surface area (Å²) < 4.78 is 5.14. The molecule has 1 heterocycles. The first-order valence-corrected chi connectivity index (χ1v) is 6.43. The maximum absolute atomic E-state index is 12.2. The molecule has 0 unspecified atom stereocenters. The molecule has 1 saturated carbocycles. The van der Waals surface area contributed by atoms with Crippen molar-refractivity contribution in [1.82, 2.24) is 9.80 Å². The maximum atomic E-state index is 12.2. The highest BCUT2D eigenvalue weighted by Crippen LogP contribution is 2.31. The molecule has 100 valence electrons. The van der Waals surface area contributed by atoms with Crippen molar-refractivity contribution in [2.24, 2.45) is 0 Å². The number of nitrogens with zero attached hydrogens (tertiary/aromatic N) is 2. The van der Waals surface area contributed by atoms with E-state index >= 15 is 0 Å². The van der Waals surface area contributed by atoms with Gasteiger partial charge >= 0.3 is 6.03 Å². The number of carbonyl (C=O) groups excluding carboxylic acids is 2. The second-order valence-electron chi connectivity index (χ2n) is 4.97. The zero-order valence-corrected chi connectivity index (χ0v) is 10.8. The Hall–Kier alpha value is -2.04. The van der Waals surface area contributed by atoms with Crippen LogP contribution >= 0.6 is 0 Å². The quantitative estimate of drug-likeness (QED) is 0.773. The minimum Gasteiger partial charge on any atom is -0.497 e. The van der Waals surface area contributed by atoms with Crippen LogP contribution < -0.4 is 4.74 Å². The molecule has 19 heavy (non-hydrogen) atoms. The highest BCUT2D eigenvalue weighted by atomic mass is 16.5. The number of benzene rings is 1. The van der Waals surface area contributed by atoms with E-state index in [1.165, 1.54) is 4.90 Å². The summed E-state index contributed by atoms with van der Waals surface area (Å²) in [5, 5.41) is 0. The fourth-order valence-corrected chi connectivity index (χ4v) is 2.34. The van der Waals surface area contributed by atoms with Gasteiger partial charge in [0.2, 0.25) is 0 Å². The molecule has 3 rings (SSSR count). The molecule has 5 heteroatoms. The van der Waals surface area contributed by atoms with Gasteiger partial charge in [-0.25, -0.2) is 4.79 Å². The third-order valence-electron chi connectivity index (χ3n) is 3.55. The number of methoxy groups -OCH3 is 1. The van der Waals surface area contributed by atoms with Crippen LogP contribution in [0.25, 0.3) is 0 Å². The first-order valence-electron chi connectivity index (χ1n) is 6.43. The Kier molecular flexibility index (Phi) is 2.89. The van der Waals surface area contributed by atoms with Gasteiger partial charge in [-0.3, -0.25) is 9.69 Å². The molecule has 0 radical (unpaired) electrons. The number of hydrogen-bond donors (Lipinski definition) is 0. The van der Waals surface area contributed by atoms with Gasteiger partial charge in [-0.05, 0) is 30.5 Å². The van der Waals surface area contributed by atoms with Crippen molar-refractivity contribution in [3.63, 3.8) is 0 Å². The lowest BCUT2D eigenvalue weighted by atomic mass is 10.2. The molecule has 0 atom stereocenters. The lowest BCUT2D eigenvalue weighted by Crippen LogP contribution is -2.33. The van der Waals surface area contributed by atoms with E-state index < -0.39 is 0 Å². The van der Waals surface area contributed by atoms with Gasteiger partial charge in [0, 0.05) is 6.04 Å². The van der Waals surface area contributed by atoms with E-state index in [1.54, 1.807) is 12.0 Å². The third-order valence-corrected chi connectivity index (χ3v) is 3.55. The molecule has 1 aliphatic heterocycles. The smallest absolute Gasteiger partial charge is 0.327 e. The van der Waals surface area contributed by atoms with Crippen molar-refractivity contribution in [2.75, 3.05) is 13.7 Å². The van der Waals surface area contributed by atoms with E-state index in [0.717, 1.165) is 24.2 Å². The van der Waals surface area contributed by atoms with Gasteiger partial charge < -0.3 is 9.64 Å². The van der Waals surface area contributed by atoms with Gasteiger partial charge in [0.1, 0.15) is 12.3 Å². The second kappa shape index (κ2) is 4.57. The second-order valence-corrected chi connectivity index (χ2v) is 4.97. The molecule has 1 saturated heterocycles. The van der Waals surface area contributed by atoms with Gasteiger partial charge in [-0.1, -0.05) is 12.1 Å². The van der Waals surface area contributed by atoms with Gasteiger partial charge in [0.25, 0.3) is 5.91 Å². The monoisotopic (exact) mass is 260 g/mol. The molecule has 0 N–H and O–H groups in total. The maximum Gasteiger partial charge on any atom is 0.327 e. The molecule has 0 spiro atoms. The third kappa shape index (κ3) is 2.28. The molecule has 2 aliphatic rings. The highest BCUT2D eigenvalue weighted by molar-refractivity contribution is 6.02. The molecule has 0 bridgehead atoms. The molecular weight excluding hydrogens is 244 g/mol. The Bertz CT molecular complexity index is 525. The number of carbonyl (C=O) groups is 2. The number of hydrogen-bond acceptors (Lipinski definition) is 3. The number of imide groups is 1. The van der Waals surface area contributed by atoms with E-state index in [9.17, 15) is 9.59 Å². The van der Waals surface area contributed by atoms with Gasteiger partial charge in [-0.2, -0.15) is 0 Å². The predicted molar refractivity (Wildman–Crippen MR) is 68.7 cm³/mol. The summed E-state index contributed by atoms with van der Waals surface area (Å²) in [5.41, 5.74) is 0.902. The fraction of sp³-hybridized carbons (Fsp3) is 0.429. The Morgan fingerprint density at radius 3 is 2.79 bits per heavy atom. The van der Waals surface area contributed by atoms with E-state index in [4.69, 9.17) is 4.74 Å². The summed E-state index contributed by atoms with van der Waals surface area (Å²) in [4.78, 5) is 27.1. The summed E-state index contributed by atoms with van der Waals surface area (Å²) in [6.45, 7) is 0.547. The summed E-state index contributed by atoms with van der Waals surface area (Å²) >= 11 is 0. The SMILES string of the molecule is COc1cccc(CN2C(=O)CN(C3CC3)C2=O)c1. The van der Waals surface area contributed by atoms with Crippen LogP contribution in [0, 0.1) is 0 Å². The molecule has 1 aromatic carbocycles. The molecule has 2 fully saturated rings. The zero-order chi connectivity index (χ0) is 13.4. The van der Waals surface area contributed by atoms with Gasteiger partial charge in [-0.15, -0.1) is 0 Å². The zero-order valence-electron chi connectivity index (χ0n) is 10.8. The summed E-state index contributed by atoms with van der Waals surface area (Å²) in [5.74, 6) is 0.621. The Labute approximate surface area is 111 Å². The first kappa shape index (κ1) is 12.0. The Morgan fingerprint density at radius 2 is 2.11 bits per heavy atom. The first-order chi connectivity index (χ1) is 9.19.